The van der Waals surface area contributed by atoms with Crippen LogP contribution in [0.15, 0.2) is 12.1 Å². The van der Waals surface area contributed by atoms with Gasteiger partial charge in [-0.1, -0.05) is 0 Å². The highest BCUT2D eigenvalue weighted by Gasteiger charge is 2.25. The van der Waals surface area contributed by atoms with Gasteiger partial charge in [-0.05, 0) is 32.9 Å². The van der Waals surface area contributed by atoms with Gasteiger partial charge in [-0.15, -0.1) is 0 Å². The summed E-state index contributed by atoms with van der Waals surface area (Å²) in [5.74, 6) is 0.101. The van der Waals surface area contributed by atoms with Crippen molar-refractivity contribution in [2.45, 2.75) is 26.8 Å². The molecule has 1 aromatic heterocycles. The fraction of sp³-hybridized carbons (Fsp3) is 0.538. The molecule has 0 radical (unpaired) electrons. The van der Waals surface area contributed by atoms with Crippen LogP contribution in [0.1, 0.15) is 28.7 Å². The number of nitrogens with zero attached hydrogens (tertiary/aromatic N) is 2. The van der Waals surface area contributed by atoms with Crippen molar-refractivity contribution >= 4 is 5.91 Å². The van der Waals surface area contributed by atoms with E-state index < -0.39 is 0 Å². The summed E-state index contributed by atoms with van der Waals surface area (Å²) in [6.45, 7) is 8.41. The maximum absolute atomic E-state index is 12.4. The van der Waals surface area contributed by atoms with Gasteiger partial charge in [0.15, 0.2) is 0 Å². The van der Waals surface area contributed by atoms with Crippen molar-refractivity contribution in [3.63, 3.8) is 0 Å². The number of aryl methyl sites for hydroxylation is 2. The topological polar surface area (TPSA) is 45.2 Å². The Morgan fingerprint density at radius 1 is 1.47 bits per heavy atom. The molecule has 1 fully saturated rings. The van der Waals surface area contributed by atoms with Gasteiger partial charge in [0.25, 0.3) is 5.91 Å². The Labute approximate surface area is 102 Å². The fourth-order valence-corrected chi connectivity index (χ4v) is 2.21. The third kappa shape index (κ3) is 2.47. The minimum absolute atomic E-state index is 0.101. The number of carbonyl (C=O) groups excluding carboxylic acids is 1. The lowest BCUT2D eigenvalue weighted by Crippen LogP contribution is -2.52. The number of hydrogen-bond acceptors (Lipinski definition) is 3. The molecule has 0 aliphatic carbocycles. The first-order valence-electron chi connectivity index (χ1n) is 6.05. The highest BCUT2D eigenvalue weighted by Crippen LogP contribution is 2.13. The predicted octanol–water partition coefficient (Wildman–Crippen LogP) is 1.13. The smallest absolute Gasteiger partial charge is 0.256 e. The first-order valence-corrected chi connectivity index (χ1v) is 6.05. The standard InChI is InChI=1S/C13H19N3O/c1-9-4-5-12(11(3)15-9)13(17)16-7-6-14-8-10(16)2/h4-5,10,14H,6-8H2,1-3H3. The van der Waals surface area contributed by atoms with E-state index in [1.807, 2.05) is 30.9 Å². The number of rotatable bonds is 1. The fourth-order valence-electron chi connectivity index (χ4n) is 2.21. The molecule has 17 heavy (non-hydrogen) atoms. The van der Waals surface area contributed by atoms with Crippen molar-refractivity contribution < 1.29 is 4.79 Å². The van der Waals surface area contributed by atoms with Crippen molar-refractivity contribution in [3.8, 4) is 0 Å². The summed E-state index contributed by atoms with van der Waals surface area (Å²) >= 11 is 0. The average Bonchev–Trinajstić information content (AvgIpc) is 2.29. The molecule has 0 bridgehead atoms. The third-order valence-corrected chi connectivity index (χ3v) is 3.22. The van der Waals surface area contributed by atoms with Crippen molar-refractivity contribution in [3.05, 3.63) is 29.1 Å². The van der Waals surface area contributed by atoms with Crippen LogP contribution in [0.5, 0.6) is 0 Å². The van der Waals surface area contributed by atoms with Gasteiger partial charge in [0.1, 0.15) is 0 Å². The second-order valence-corrected chi connectivity index (χ2v) is 4.64. The van der Waals surface area contributed by atoms with Crippen LogP contribution in [0.3, 0.4) is 0 Å². The van der Waals surface area contributed by atoms with E-state index >= 15 is 0 Å². The number of pyridine rings is 1. The van der Waals surface area contributed by atoms with Gasteiger partial charge in [0.2, 0.25) is 0 Å². The number of nitrogens with one attached hydrogen (secondary N) is 1. The van der Waals surface area contributed by atoms with E-state index in [0.29, 0.717) is 0 Å². The van der Waals surface area contributed by atoms with Crippen LogP contribution in [0.25, 0.3) is 0 Å². The Bertz CT molecular complexity index is 431. The predicted molar refractivity (Wildman–Crippen MR) is 67.1 cm³/mol. The van der Waals surface area contributed by atoms with Crippen molar-refractivity contribution in [2.75, 3.05) is 19.6 Å². The normalized spacial score (nSPS) is 20.4. The van der Waals surface area contributed by atoms with Crippen molar-refractivity contribution in [1.29, 1.82) is 0 Å². The van der Waals surface area contributed by atoms with E-state index in [-0.39, 0.29) is 11.9 Å². The molecule has 2 rings (SSSR count). The van der Waals surface area contributed by atoms with E-state index in [0.717, 1.165) is 36.6 Å². The average molecular weight is 233 g/mol. The molecule has 1 aliphatic rings. The maximum Gasteiger partial charge on any atom is 0.256 e. The van der Waals surface area contributed by atoms with Crippen LogP contribution < -0.4 is 5.32 Å². The number of aromatic nitrogens is 1. The zero-order valence-electron chi connectivity index (χ0n) is 10.7. The largest absolute Gasteiger partial charge is 0.333 e. The molecule has 1 atom stereocenters. The van der Waals surface area contributed by atoms with Crippen LogP contribution in [-0.2, 0) is 0 Å². The lowest BCUT2D eigenvalue weighted by molar-refractivity contribution is 0.0654. The summed E-state index contributed by atoms with van der Waals surface area (Å²) < 4.78 is 0. The Morgan fingerprint density at radius 2 is 2.24 bits per heavy atom. The molecule has 4 nitrogen and oxygen atoms in total. The van der Waals surface area contributed by atoms with Gasteiger partial charge in [-0.3, -0.25) is 9.78 Å². The zero-order chi connectivity index (χ0) is 12.4. The third-order valence-electron chi connectivity index (χ3n) is 3.22. The summed E-state index contributed by atoms with van der Waals surface area (Å²) in [6, 6.07) is 4.03. The summed E-state index contributed by atoms with van der Waals surface area (Å²) in [5, 5.41) is 3.29. The summed E-state index contributed by atoms with van der Waals surface area (Å²) in [7, 11) is 0. The first kappa shape index (κ1) is 12.0. The summed E-state index contributed by atoms with van der Waals surface area (Å²) in [5.41, 5.74) is 2.50. The monoisotopic (exact) mass is 233 g/mol. The minimum Gasteiger partial charge on any atom is -0.333 e. The molecule has 1 amide bonds. The molecule has 4 heteroatoms. The lowest BCUT2D eigenvalue weighted by Gasteiger charge is -2.34. The van der Waals surface area contributed by atoms with E-state index in [4.69, 9.17) is 0 Å². The van der Waals surface area contributed by atoms with Crippen LogP contribution in [-0.4, -0.2) is 41.5 Å². The molecule has 1 unspecified atom stereocenters. The second-order valence-electron chi connectivity index (χ2n) is 4.64. The molecule has 92 valence electrons. The van der Waals surface area contributed by atoms with Crippen LogP contribution in [0.4, 0.5) is 0 Å². The molecule has 0 spiro atoms. The second kappa shape index (κ2) is 4.84. The number of amides is 1. The minimum atomic E-state index is 0.101. The Hall–Kier alpha value is -1.42. The highest BCUT2D eigenvalue weighted by molar-refractivity contribution is 5.95. The summed E-state index contributed by atoms with van der Waals surface area (Å²) in [6.07, 6.45) is 0. The number of piperazine rings is 1. The molecular formula is C13H19N3O. The first-order chi connectivity index (χ1) is 8.09. The van der Waals surface area contributed by atoms with Gasteiger partial charge in [0, 0.05) is 31.4 Å². The van der Waals surface area contributed by atoms with Crippen molar-refractivity contribution in [1.82, 2.24) is 15.2 Å². The molecular weight excluding hydrogens is 214 g/mol. The van der Waals surface area contributed by atoms with Crippen molar-refractivity contribution in [2.24, 2.45) is 0 Å². The molecule has 1 aliphatic heterocycles. The Morgan fingerprint density at radius 3 is 2.88 bits per heavy atom. The molecule has 0 aromatic carbocycles. The van der Waals surface area contributed by atoms with Crippen LogP contribution in [0.2, 0.25) is 0 Å². The highest BCUT2D eigenvalue weighted by atomic mass is 16.2. The molecule has 1 N–H and O–H groups in total. The molecule has 1 aromatic rings. The van der Waals surface area contributed by atoms with Gasteiger partial charge < -0.3 is 10.2 Å². The maximum atomic E-state index is 12.4. The quantitative estimate of drug-likeness (QED) is 0.791. The van der Waals surface area contributed by atoms with E-state index in [9.17, 15) is 4.79 Å². The molecule has 0 saturated carbocycles. The van der Waals surface area contributed by atoms with E-state index in [1.54, 1.807) is 0 Å². The zero-order valence-corrected chi connectivity index (χ0v) is 10.7. The van der Waals surface area contributed by atoms with Gasteiger partial charge in [-0.25, -0.2) is 0 Å². The lowest BCUT2D eigenvalue weighted by atomic mass is 10.1. The van der Waals surface area contributed by atoms with Crippen LogP contribution >= 0.6 is 0 Å². The number of hydrogen-bond donors (Lipinski definition) is 1. The van der Waals surface area contributed by atoms with E-state index in [2.05, 4.69) is 17.2 Å². The molecule has 1 saturated heterocycles. The summed E-state index contributed by atoms with van der Waals surface area (Å²) in [4.78, 5) is 18.7. The Kier molecular flexibility index (Phi) is 3.43. The number of carbonyl (C=O) groups is 1. The van der Waals surface area contributed by atoms with Crippen LogP contribution in [0, 0.1) is 13.8 Å². The SMILES string of the molecule is Cc1ccc(C(=O)N2CCNCC2C)c(C)n1. The Balaban J connectivity index is 2.24. The van der Waals surface area contributed by atoms with Gasteiger partial charge >= 0.3 is 0 Å². The van der Waals surface area contributed by atoms with E-state index in [1.165, 1.54) is 0 Å². The van der Waals surface area contributed by atoms with Gasteiger partial charge in [-0.2, -0.15) is 0 Å². The van der Waals surface area contributed by atoms with Gasteiger partial charge in [0.05, 0.1) is 11.3 Å². The molecule has 2 heterocycles.